The van der Waals surface area contributed by atoms with Crippen LogP contribution in [0.1, 0.15) is 35.2 Å². The summed E-state index contributed by atoms with van der Waals surface area (Å²) in [5.74, 6) is -0.0324. The Morgan fingerprint density at radius 1 is 1.04 bits per heavy atom. The van der Waals surface area contributed by atoms with Gasteiger partial charge in [0.25, 0.3) is 5.91 Å². The van der Waals surface area contributed by atoms with Gasteiger partial charge in [0.05, 0.1) is 5.69 Å². The van der Waals surface area contributed by atoms with Gasteiger partial charge in [-0.3, -0.25) is 4.79 Å². The van der Waals surface area contributed by atoms with E-state index in [-0.39, 0.29) is 5.91 Å². The van der Waals surface area contributed by atoms with Crippen LogP contribution in [0.15, 0.2) is 54.9 Å². The molecule has 0 atom stereocenters. The van der Waals surface area contributed by atoms with Crippen molar-refractivity contribution in [3.05, 3.63) is 66.0 Å². The van der Waals surface area contributed by atoms with Crippen molar-refractivity contribution in [2.24, 2.45) is 0 Å². The van der Waals surface area contributed by atoms with Gasteiger partial charge in [-0.25, -0.2) is 4.68 Å². The van der Waals surface area contributed by atoms with Crippen LogP contribution in [0.5, 0.6) is 0 Å². The summed E-state index contributed by atoms with van der Waals surface area (Å²) >= 11 is 0. The average molecular weight is 376 g/mol. The first-order valence-corrected chi connectivity index (χ1v) is 9.63. The van der Waals surface area contributed by atoms with E-state index in [1.165, 1.54) is 36.0 Å². The quantitative estimate of drug-likeness (QED) is 0.685. The summed E-state index contributed by atoms with van der Waals surface area (Å²) in [5.41, 5.74) is 3.76. The highest BCUT2D eigenvalue weighted by molar-refractivity contribution is 5.94. The van der Waals surface area contributed by atoms with E-state index in [0.717, 1.165) is 24.3 Å². The van der Waals surface area contributed by atoms with E-state index in [2.05, 4.69) is 44.7 Å². The maximum atomic E-state index is 12.8. The van der Waals surface area contributed by atoms with Crippen molar-refractivity contribution in [2.45, 2.75) is 25.8 Å². The predicted molar refractivity (Wildman–Crippen MR) is 107 cm³/mol. The molecule has 0 bridgehead atoms. The van der Waals surface area contributed by atoms with Gasteiger partial charge >= 0.3 is 0 Å². The zero-order valence-corrected chi connectivity index (χ0v) is 16.0. The zero-order valence-electron chi connectivity index (χ0n) is 16.0. The minimum atomic E-state index is -0.0324. The van der Waals surface area contributed by atoms with Gasteiger partial charge in [0, 0.05) is 37.9 Å². The molecule has 1 aliphatic rings. The molecule has 0 unspecified atom stereocenters. The van der Waals surface area contributed by atoms with Gasteiger partial charge < -0.3 is 9.80 Å². The molecule has 144 valence electrons. The number of anilines is 1. The van der Waals surface area contributed by atoms with E-state index in [0.29, 0.717) is 12.1 Å². The molecule has 1 saturated heterocycles. The Kier molecular flexibility index (Phi) is 5.32. The number of piperidine rings is 1. The third-order valence-corrected chi connectivity index (χ3v) is 5.13. The van der Waals surface area contributed by atoms with Crippen LogP contribution >= 0.6 is 0 Å². The molecule has 3 aromatic rings. The lowest BCUT2D eigenvalue weighted by Crippen LogP contribution is -2.29. The van der Waals surface area contributed by atoms with Gasteiger partial charge in [-0.05, 0) is 65.6 Å². The number of aromatic nitrogens is 4. The number of benzene rings is 2. The molecule has 1 amide bonds. The topological polar surface area (TPSA) is 67.2 Å². The van der Waals surface area contributed by atoms with Crippen LogP contribution in [0, 0.1) is 0 Å². The highest BCUT2D eigenvalue weighted by Crippen LogP contribution is 2.21. The fourth-order valence-electron chi connectivity index (χ4n) is 3.59. The number of carbonyl (C=O) groups excluding carboxylic acids is 1. The summed E-state index contributed by atoms with van der Waals surface area (Å²) < 4.78 is 1.54. The minimum Gasteiger partial charge on any atom is -0.372 e. The summed E-state index contributed by atoms with van der Waals surface area (Å²) in [6, 6.07) is 15.9. The maximum Gasteiger partial charge on any atom is 0.253 e. The average Bonchev–Trinajstić information content (AvgIpc) is 3.29. The number of nitrogens with zero attached hydrogens (tertiary/aromatic N) is 6. The molecule has 28 heavy (non-hydrogen) atoms. The SMILES string of the molecule is CN(Cc1ccc(N2CCCCC2)cc1)C(=O)c1cccc(-n2cnnn2)c1. The van der Waals surface area contributed by atoms with Crippen molar-refractivity contribution in [2.75, 3.05) is 25.0 Å². The lowest BCUT2D eigenvalue weighted by molar-refractivity contribution is 0.0785. The molecule has 0 saturated carbocycles. The predicted octanol–water partition coefficient (Wildman–Crippen LogP) is 2.92. The molecule has 2 heterocycles. The van der Waals surface area contributed by atoms with E-state index in [1.54, 1.807) is 11.0 Å². The van der Waals surface area contributed by atoms with Gasteiger partial charge in [0.2, 0.25) is 0 Å². The Labute approximate surface area is 164 Å². The number of amides is 1. The Bertz CT molecular complexity index is 916. The lowest BCUT2D eigenvalue weighted by atomic mass is 10.1. The van der Waals surface area contributed by atoms with Gasteiger partial charge in [-0.15, -0.1) is 5.10 Å². The Morgan fingerprint density at radius 2 is 1.82 bits per heavy atom. The number of carbonyl (C=O) groups is 1. The Balaban J connectivity index is 1.42. The molecule has 1 aromatic heterocycles. The maximum absolute atomic E-state index is 12.8. The number of hydrogen-bond acceptors (Lipinski definition) is 5. The molecular weight excluding hydrogens is 352 g/mol. The van der Waals surface area contributed by atoms with Crippen LogP contribution in [-0.2, 0) is 6.54 Å². The Hall–Kier alpha value is -3.22. The van der Waals surface area contributed by atoms with Crippen LogP contribution in [0.25, 0.3) is 5.69 Å². The van der Waals surface area contributed by atoms with Crippen molar-refractivity contribution in [3.63, 3.8) is 0 Å². The first kappa shape index (κ1) is 18.2. The highest BCUT2D eigenvalue weighted by Gasteiger charge is 2.14. The molecule has 0 spiro atoms. The fraction of sp³-hybridized carbons (Fsp3) is 0.333. The van der Waals surface area contributed by atoms with Crippen LogP contribution in [0.3, 0.4) is 0 Å². The molecule has 2 aromatic carbocycles. The van der Waals surface area contributed by atoms with E-state index in [9.17, 15) is 4.79 Å². The third kappa shape index (κ3) is 4.03. The number of tetrazole rings is 1. The van der Waals surface area contributed by atoms with E-state index in [1.807, 2.05) is 25.2 Å². The smallest absolute Gasteiger partial charge is 0.253 e. The second-order valence-corrected chi connectivity index (χ2v) is 7.18. The first-order valence-electron chi connectivity index (χ1n) is 9.63. The minimum absolute atomic E-state index is 0.0324. The summed E-state index contributed by atoms with van der Waals surface area (Å²) in [6.45, 7) is 2.83. The monoisotopic (exact) mass is 376 g/mol. The first-order chi connectivity index (χ1) is 13.7. The largest absolute Gasteiger partial charge is 0.372 e. The van der Waals surface area contributed by atoms with Crippen molar-refractivity contribution in [1.82, 2.24) is 25.1 Å². The number of rotatable bonds is 5. The summed E-state index contributed by atoms with van der Waals surface area (Å²) in [6.07, 6.45) is 5.37. The zero-order chi connectivity index (χ0) is 19.3. The van der Waals surface area contributed by atoms with Gasteiger partial charge in [-0.2, -0.15) is 0 Å². The standard InChI is InChI=1S/C21H24N6O/c1-25(15-17-8-10-19(11-9-17)26-12-3-2-4-13-26)21(28)18-6-5-7-20(14-18)27-16-22-23-24-27/h5-11,14,16H,2-4,12-13,15H2,1H3. The number of hydrogen-bond donors (Lipinski definition) is 0. The molecule has 0 radical (unpaired) electrons. The van der Waals surface area contributed by atoms with Crippen LogP contribution in [-0.4, -0.2) is 51.2 Å². The van der Waals surface area contributed by atoms with Crippen molar-refractivity contribution in [3.8, 4) is 5.69 Å². The van der Waals surface area contributed by atoms with E-state index in [4.69, 9.17) is 0 Å². The van der Waals surface area contributed by atoms with Crippen LogP contribution < -0.4 is 4.90 Å². The van der Waals surface area contributed by atoms with Crippen molar-refractivity contribution in [1.29, 1.82) is 0 Å². The Morgan fingerprint density at radius 3 is 2.54 bits per heavy atom. The molecule has 4 rings (SSSR count). The second-order valence-electron chi connectivity index (χ2n) is 7.18. The molecular formula is C21H24N6O. The van der Waals surface area contributed by atoms with E-state index >= 15 is 0 Å². The summed E-state index contributed by atoms with van der Waals surface area (Å²) in [5, 5.41) is 11.1. The molecule has 1 fully saturated rings. The highest BCUT2D eigenvalue weighted by atomic mass is 16.2. The molecule has 7 nitrogen and oxygen atoms in total. The molecule has 1 aliphatic heterocycles. The van der Waals surface area contributed by atoms with Gasteiger partial charge in [0.15, 0.2) is 0 Å². The summed E-state index contributed by atoms with van der Waals surface area (Å²) in [4.78, 5) is 17.0. The van der Waals surface area contributed by atoms with Crippen molar-refractivity contribution < 1.29 is 4.79 Å². The molecule has 0 aliphatic carbocycles. The van der Waals surface area contributed by atoms with Crippen LogP contribution in [0.4, 0.5) is 5.69 Å². The third-order valence-electron chi connectivity index (χ3n) is 5.13. The van der Waals surface area contributed by atoms with Gasteiger partial charge in [0.1, 0.15) is 6.33 Å². The van der Waals surface area contributed by atoms with Gasteiger partial charge in [-0.1, -0.05) is 18.2 Å². The molecule has 7 heteroatoms. The summed E-state index contributed by atoms with van der Waals surface area (Å²) in [7, 11) is 1.82. The van der Waals surface area contributed by atoms with E-state index < -0.39 is 0 Å². The van der Waals surface area contributed by atoms with Crippen molar-refractivity contribution >= 4 is 11.6 Å². The lowest BCUT2D eigenvalue weighted by Gasteiger charge is -2.29. The second kappa shape index (κ2) is 8.21. The molecule has 0 N–H and O–H groups in total. The fourth-order valence-corrected chi connectivity index (χ4v) is 3.59. The van der Waals surface area contributed by atoms with Crippen LogP contribution in [0.2, 0.25) is 0 Å². The normalized spacial score (nSPS) is 14.1.